The number of hydrazine groups is 2. The van der Waals surface area contributed by atoms with Crippen LogP contribution in [-0.2, 0) is 0 Å². The highest BCUT2D eigenvalue weighted by Crippen LogP contribution is 2.28. The largest absolute Gasteiger partial charge is 0.489 e. The first-order valence-electron chi connectivity index (χ1n) is 5.36. The van der Waals surface area contributed by atoms with Gasteiger partial charge in [-0.2, -0.15) is 0 Å². The Hall–Kier alpha value is -1.86. The van der Waals surface area contributed by atoms with Gasteiger partial charge in [-0.1, -0.05) is 0 Å². The van der Waals surface area contributed by atoms with Gasteiger partial charge in [-0.05, 0) is 26.0 Å². The normalized spacial score (nSPS) is 10.4. The van der Waals surface area contributed by atoms with Crippen molar-refractivity contribution in [1.29, 1.82) is 0 Å². The molecule has 0 aliphatic carbocycles. The van der Waals surface area contributed by atoms with Gasteiger partial charge in [0.15, 0.2) is 0 Å². The summed E-state index contributed by atoms with van der Waals surface area (Å²) < 4.78 is 18.6. The van der Waals surface area contributed by atoms with Crippen molar-refractivity contribution < 1.29 is 13.9 Å². The van der Waals surface area contributed by atoms with E-state index in [0.717, 1.165) is 10.0 Å². The maximum absolute atomic E-state index is 13.2. The molecular weight excluding hydrogens is 239 g/mol. The highest BCUT2D eigenvalue weighted by molar-refractivity contribution is 5.91. The standard InChI is InChI=1S/C11H17FN4O2/c1-7(2)18-10-6-8(12)4-5-9(10)16(14)11(17)15(3)13/h4-7H,13-14H2,1-3H3. The number of amides is 2. The minimum Gasteiger partial charge on any atom is -0.489 e. The van der Waals surface area contributed by atoms with E-state index < -0.39 is 11.8 Å². The molecule has 1 aromatic rings. The summed E-state index contributed by atoms with van der Waals surface area (Å²) in [4.78, 5) is 11.6. The van der Waals surface area contributed by atoms with E-state index in [0.29, 0.717) is 0 Å². The minimum atomic E-state index is -0.643. The van der Waals surface area contributed by atoms with Crippen LogP contribution in [0.4, 0.5) is 14.9 Å². The third kappa shape index (κ3) is 3.31. The Bertz CT molecular complexity index is 437. The molecule has 0 aliphatic rings. The summed E-state index contributed by atoms with van der Waals surface area (Å²) in [6.07, 6.45) is -0.176. The number of carbonyl (C=O) groups excluding carboxylic acids is 1. The maximum atomic E-state index is 13.2. The van der Waals surface area contributed by atoms with Crippen molar-refractivity contribution in [3.05, 3.63) is 24.0 Å². The molecule has 0 unspecified atom stereocenters. The lowest BCUT2D eigenvalue weighted by atomic mass is 10.2. The number of ether oxygens (including phenoxy) is 1. The van der Waals surface area contributed by atoms with Gasteiger partial charge in [0.2, 0.25) is 0 Å². The van der Waals surface area contributed by atoms with Crippen LogP contribution < -0.4 is 21.4 Å². The lowest BCUT2D eigenvalue weighted by Crippen LogP contribution is -2.48. The lowest BCUT2D eigenvalue weighted by Gasteiger charge is -2.23. The van der Waals surface area contributed by atoms with E-state index in [1.54, 1.807) is 13.8 Å². The quantitative estimate of drug-likeness (QED) is 0.483. The molecule has 0 aromatic heterocycles. The third-order valence-electron chi connectivity index (χ3n) is 2.05. The van der Waals surface area contributed by atoms with Gasteiger partial charge in [0, 0.05) is 13.1 Å². The van der Waals surface area contributed by atoms with Crippen molar-refractivity contribution in [1.82, 2.24) is 5.01 Å². The molecule has 0 atom stereocenters. The zero-order valence-electron chi connectivity index (χ0n) is 10.6. The SMILES string of the molecule is CC(C)Oc1cc(F)ccc1N(N)C(=O)N(C)N. The number of halogens is 1. The number of benzene rings is 1. The van der Waals surface area contributed by atoms with Gasteiger partial charge in [0.25, 0.3) is 0 Å². The molecule has 0 saturated carbocycles. The Kier molecular flexibility index (Phi) is 4.46. The fraction of sp³-hybridized carbons (Fsp3) is 0.364. The van der Waals surface area contributed by atoms with Crippen molar-refractivity contribution in [3.63, 3.8) is 0 Å². The second kappa shape index (κ2) is 5.65. The van der Waals surface area contributed by atoms with E-state index in [-0.39, 0.29) is 17.5 Å². The Morgan fingerprint density at radius 2 is 2.00 bits per heavy atom. The van der Waals surface area contributed by atoms with Gasteiger partial charge in [-0.15, -0.1) is 0 Å². The summed E-state index contributed by atoms with van der Waals surface area (Å²) in [6.45, 7) is 3.57. The molecule has 18 heavy (non-hydrogen) atoms. The number of anilines is 1. The zero-order valence-corrected chi connectivity index (χ0v) is 10.6. The fourth-order valence-electron chi connectivity index (χ4n) is 1.31. The zero-order chi connectivity index (χ0) is 13.9. The van der Waals surface area contributed by atoms with Crippen molar-refractivity contribution in [2.75, 3.05) is 12.1 Å². The molecule has 0 fully saturated rings. The van der Waals surface area contributed by atoms with Crippen molar-refractivity contribution >= 4 is 11.7 Å². The number of hydrogen-bond donors (Lipinski definition) is 2. The van der Waals surface area contributed by atoms with E-state index in [4.69, 9.17) is 16.4 Å². The molecule has 1 rings (SSSR count). The van der Waals surface area contributed by atoms with E-state index >= 15 is 0 Å². The second-order valence-corrected chi connectivity index (χ2v) is 4.04. The smallest absolute Gasteiger partial charge is 0.352 e. The Morgan fingerprint density at radius 3 is 2.50 bits per heavy atom. The fourth-order valence-corrected chi connectivity index (χ4v) is 1.31. The first-order chi connectivity index (χ1) is 8.32. The van der Waals surface area contributed by atoms with Crippen molar-refractivity contribution in [2.45, 2.75) is 20.0 Å². The monoisotopic (exact) mass is 256 g/mol. The van der Waals surface area contributed by atoms with Crippen molar-refractivity contribution in [2.24, 2.45) is 11.7 Å². The first-order valence-corrected chi connectivity index (χ1v) is 5.36. The first kappa shape index (κ1) is 14.2. The van der Waals surface area contributed by atoms with Crippen LogP contribution in [0.1, 0.15) is 13.8 Å². The van der Waals surface area contributed by atoms with Gasteiger partial charge in [-0.3, -0.25) is 5.01 Å². The van der Waals surface area contributed by atoms with E-state index in [2.05, 4.69) is 0 Å². The van der Waals surface area contributed by atoms with Gasteiger partial charge < -0.3 is 4.74 Å². The van der Waals surface area contributed by atoms with Crippen LogP contribution in [0.3, 0.4) is 0 Å². The summed E-state index contributed by atoms with van der Waals surface area (Å²) in [7, 11) is 1.36. The van der Waals surface area contributed by atoms with E-state index in [9.17, 15) is 9.18 Å². The summed E-state index contributed by atoms with van der Waals surface area (Å²) >= 11 is 0. The van der Waals surface area contributed by atoms with Gasteiger partial charge in [-0.25, -0.2) is 25.9 Å². The summed E-state index contributed by atoms with van der Waals surface area (Å²) in [5.74, 6) is 10.6. The summed E-state index contributed by atoms with van der Waals surface area (Å²) in [5, 5.41) is 1.62. The molecule has 100 valence electrons. The molecule has 6 nitrogen and oxygen atoms in total. The average molecular weight is 256 g/mol. The molecule has 7 heteroatoms. The van der Waals surface area contributed by atoms with Crippen LogP contribution in [0.2, 0.25) is 0 Å². The van der Waals surface area contributed by atoms with Crippen LogP contribution in [-0.4, -0.2) is 24.2 Å². The third-order valence-corrected chi connectivity index (χ3v) is 2.05. The Balaban J connectivity index is 3.10. The summed E-state index contributed by atoms with van der Waals surface area (Å²) in [6, 6.07) is 3.06. The number of rotatable bonds is 3. The minimum absolute atomic E-state index is 0.176. The van der Waals surface area contributed by atoms with Crippen LogP contribution in [0.5, 0.6) is 5.75 Å². The molecule has 1 aromatic carbocycles. The van der Waals surface area contributed by atoms with Gasteiger partial charge >= 0.3 is 6.03 Å². The maximum Gasteiger partial charge on any atom is 0.352 e. The molecule has 0 radical (unpaired) electrons. The Morgan fingerprint density at radius 1 is 1.39 bits per heavy atom. The molecule has 2 amide bonds. The molecule has 0 heterocycles. The number of nitrogens with zero attached hydrogens (tertiary/aromatic N) is 2. The van der Waals surface area contributed by atoms with Crippen molar-refractivity contribution in [3.8, 4) is 5.75 Å². The molecule has 0 saturated heterocycles. The number of hydrogen-bond acceptors (Lipinski definition) is 4. The van der Waals surface area contributed by atoms with Crippen LogP contribution in [0.25, 0.3) is 0 Å². The van der Waals surface area contributed by atoms with E-state index in [1.807, 2.05) is 0 Å². The number of nitrogens with two attached hydrogens (primary N) is 2. The highest BCUT2D eigenvalue weighted by Gasteiger charge is 2.19. The number of carbonyl (C=O) groups is 1. The molecule has 0 bridgehead atoms. The number of urea groups is 1. The molecular formula is C11H17FN4O2. The van der Waals surface area contributed by atoms with E-state index in [1.165, 1.54) is 25.2 Å². The molecule has 0 aliphatic heterocycles. The van der Waals surface area contributed by atoms with Gasteiger partial charge in [0.05, 0.1) is 6.10 Å². The summed E-state index contributed by atoms with van der Waals surface area (Å²) in [5.41, 5.74) is 0.243. The van der Waals surface area contributed by atoms with Crippen LogP contribution in [0.15, 0.2) is 18.2 Å². The topological polar surface area (TPSA) is 84.8 Å². The lowest BCUT2D eigenvalue weighted by molar-refractivity contribution is 0.215. The Labute approximate surface area is 105 Å². The van der Waals surface area contributed by atoms with Crippen LogP contribution >= 0.6 is 0 Å². The van der Waals surface area contributed by atoms with Crippen LogP contribution in [0, 0.1) is 5.82 Å². The predicted molar refractivity (Wildman–Crippen MR) is 66.2 cm³/mol. The molecule has 0 spiro atoms. The van der Waals surface area contributed by atoms with Gasteiger partial charge in [0.1, 0.15) is 17.3 Å². The highest BCUT2D eigenvalue weighted by atomic mass is 19.1. The average Bonchev–Trinajstić information content (AvgIpc) is 2.26. The predicted octanol–water partition coefficient (Wildman–Crippen LogP) is 1.22. The molecule has 4 N–H and O–H groups in total. The second-order valence-electron chi connectivity index (χ2n) is 4.04.